The van der Waals surface area contributed by atoms with E-state index in [4.69, 9.17) is 0 Å². The molecule has 0 saturated heterocycles. The van der Waals surface area contributed by atoms with Crippen molar-refractivity contribution in [1.82, 2.24) is 20.4 Å². The van der Waals surface area contributed by atoms with Crippen molar-refractivity contribution in [3.8, 4) is 0 Å². The van der Waals surface area contributed by atoms with Crippen LogP contribution in [0.2, 0.25) is 0 Å². The van der Waals surface area contributed by atoms with Crippen molar-refractivity contribution in [2.45, 2.75) is 56.8 Å². The highest BCUT2D eigenvalue weighted by Gasteiger charge is 2.51. The van der Waals surface area contributed by atoms with Crippen LogP contribution in [0, 0.1) is 0 Å². The molecule has 43 heavy (non-hydrogen) atoms. The molecule has 1 fully saturated rings. The van der Waals surface area contributed by atoms with Gasteiger partial charge in [-0.25, -0.2) is 4.68 Å². The van der Waals surface area contributed by atoms with Gasteiger partial charge in [0.05, 0.1) is 35.9 Å². The largest absolute Gasteiger partial charge is 0.436 e. The van der Waals surface area contributed by atoms with Crippen molar-refractivity contribution in [3.05, 3.63) is 82.0 Å². The number of amides is 2. The molecular formula is C29H26F6N6O2. The lowest BCUT2D eigenvalue weighted by atomic mass is 10.0. The minimum absolute atomic E-state index is 0.0262. The minimum atomic E-state index is -4.95. The van der Waals surface area contributed by atoms with E-state index in [0.717, 1.165) is 35.4 Å². The molecule has 2 amide bonds. The zero-order valence-electron chi connectivity index (χ0n) is 22.8. The predicted octanol–water partition coefficient (Wildman–Crippen LogP) is 5.15. The van der Waals surface area contributed by atoms with E-state index in [-0.39, 0.29) is 42.5 Å². The number of fused-ring (bicyclic) bond motifs is 1. The molecule has 1 unspecified atom stereocenters. The summed E-state index contributed by atoms with van der Waals surface area (Å²) in [6.45, 7) is 2.29. The van der Waals surface area contributed by atoms with Crippen LogP contribution in [0.4, 0.5) is 32.2 Å². The molecule has 3 aliphatic rings. The quantitative estimate of drug-likeness (QED) is 0.348. The molecule has 2 aromatic carbocycles. The lowest BCUT2D eigenvalue weighted by Crippen LogP contribution is -2.40. The molecule has 8 nitrogen and oxygen atoms in total. The Balaban J connectivity index is 1.20. The average molecular weight is 605 g/mol. The van der Waals surface area contributed by atoms with Gasteiger partial charge in [0.2, 0.25) is 0 Å². The summed E-state index contributed by atoms with van der Waals surface area (Å²) >= 11 is 0. The van der Waals surface area contributed by atoms with Gasteiger partial charge < -0.3 is 15.5 Å². The third-order valence-electron chi connectivity index (χ3n) is 7.92. The smallest absolute Gasteiger partial charge is 0.350 e. The molecule has 0 bridgehead atoms. The highest BCUT2D eigenvalue weighted by molar-refractivity contribution is 6.10. The molecule has 6 rings (SSSR count). The molecular weight excluding hydrogens is 578 g/mol. The molecule has 0 spiro atoms. The highest BCUT2D eigenvalue weighted by Crippen LogP contribution is 2.41. The van der Waals surface area contributed by atoms with Gasteiger partial charge in [-0.05, 0) is 55.2 Å². The molecule has 3 aromatic rings. The standard InChI is InChI=1S/C29H26F6N6O2/c1-16(18-5-7-19(8-6-18)24(42)38-27(9-10-27)21-14-36-21)37-25(43)22-23(29(33,34)35)39-41-12-11-40(26(22)41)15-17-3-2-4-20(13-17)28(30,31)32/h2-8,13,16H,9-12,14-15H2,1H3,(H,37,43)(H,38,42). The number of aromatic nitrogens is 2. The van der Waals surface area contributed by atoms with Crippen LogP contribution in [0.15, 0.2) is 53.5 Å². The first-order chi connectivity index (χ1) is 20.2. The van der Waals surface area contributed by atoms with Gasteiger partial charge in [0.15, 0.2) is 5.69 Å². The molecule has 2 N–H and O–H groups in total. The summed E-state index contributed by atoms with van der Waals surface area (Å²) in [4.78, 5) is 31.7. The maximum absolute atomic E-state index is 14.0. The molecule has 14 heteroatoms. The van der Waals surface area contributed by atoms with Gasteiger partial charge in [-0.15, -0.1) is 0 Å². The summed E-state index contributed by atoms with van der Waals surface area (Å²) in [6, 6.07) is 10.1. The summed E-state index contributed by atoms with van der Waals surface area (Å²) < 4.78 is 82.7. The van der Waals surface area contributed by atoms with Crippen LogP contribution in [-0.4, -0.2) is 45.9 Å². The van der Waals surface area contributed by atoms with Crippen molar-refractivity contribution in [2.75, 3.05) is 18.0 Å². The second-order valence-corrected chi connectivity index (χ2v) is 11.0. The van der Waals surface area contributed by atoms with Gasteiger partial charge >= 0.3 is 12.4 Å². The Labute approximate surface area is 241 Å². The number of anilines is 1. The molecule has 1 aliphatic carbocycles. The first-order valence-electron chi connectivity index (χ1n) is 13.6. The molecule has 1 atom stereocenters. The second kappa shape index (κ2) is 10.1. The number of aliphatic imine (C=N–C) groups is 1. The fourth-order valence-electron chi connectivity index (χ4n) is 5.40. The molecule has 3 heterocycles. The van der Waals surface area contributed by atoms with Crippen molar-refractivity contribution in [2.24, 2.45) is 4.99 Å². The van der Waals surface area contributed by atoms with Crippen molar-refractivity contribution in [3.63, 3.8) is 0 Å². The fraction of sp³-hybridized carbons (Fsp3) is 0.379. The third-order valence-corrected chi connectivity index (χ3v) is 7.92. The van der Waals surface area contributed by atoms with E-state index in [9.17, 15) is 35.9 Å². The van der Waals surface area contributed by atoms with E-state index in [0.29, 0.717) is 17.7 Å². The van der Waals surface area contributed by atoms with E-state index < -0.39 is 41.1 Å². The zero-order valence-corrected chi connectivity index (χ0v) is 22.8. The summed E-state index contributed by atoms with van der Waals surface area (Å²) in [5.41, 5.74) is -1.13. The first kappa shape index (κ1) is 28.7. The number of nitrogens with one attached hydrogen (secondary N) is 2. The lowest BCUT2D eigenvalue weighted by molar-refractivity contribution is -0.142. The minimum Gasteiger partial charge on any atom is -0.350 e. The van der Waals surface area contributed by atoms with Crippen molar-refractivity contribution in [1.29, 1.82) is 0 Å². The summed E-state index contributed by atoms with van der Waals surface area (Å²) in [7, 11) is 0. The SMILES string of the molecule is CC(NC(=O)c1c(C(F)(F)F)nn2c1N(Cc1cccc(C(F)(F)F)c1)CC2)c1ccc(C(=O)NC2(C3=NC3)CC2)cc1. The Bertz CT molecular complexity index is 1620. The van der Waals surface area contributed by atoms with Crippen LogP contribution in [0.1, 0.15) is 68.9 Å². The van der Waals surface area contributed by atoms with E-state index in [1.54, 1.807) is 31.2 Å². The van der Waals surface area contributed by atoms with Crippen molar-refractivity contribution < 1.29 is 35.9 Å². The van der Waals surface area contributed by atoms with Gasteiger partial charge in [-0.3, -0.25) is 14.6 Å². The molecule has 226 valence electrons. The van der Waals surface area contributed by atoms with Crippen LogP contribution >= 0.6 is 0 Å². The number of carbonyl (C=O) groups excluding carboxylic acids is 2. The van der Waals surface area contributed by atoms with Gasteiger partial charge in [0, 0.05) is 18.7 Å². The maximum Gasteiger partial charge on any atom is 0.436 e. The first-order valence-corrected chi connectivity index (χ1v) is 13.6. The van der Waals surface area contributed by atoms with E-state index in [1.165, 1.54) is 17.0 Å². The molecule has 1 aromatic heterocycles. The normalized spacial score (nSPS) is 17.7. The fourth-order valence-corrected chi connectivity index (χ4v) is 5.40. The van der Waals surface area contributed by atoms with Crippen LogP contribution in [-0.2, 0) is 25.4 Å². The molecule has 2 aliphatic heterocycles. The van der Waals surface area contributed by atoms with Crippen LogP contribution in [0.3, 0.4) is 0 Å². The van der Waals surface area contributed by atoms with Gasteiger partial charge in [0.1, 0.15) is 11.4 Å². The number of alkyl halides is 6. The highest BCUT2D eigenvalue weighted by atomic mass is 19.4. The molecule has 1 saturated carbocycles. The molecule has 0 radical (unpaired) electrons. The number of rotatable bonds is 8. The Morgan fingerprint density at radius 3 is 2.28 bits per heavy atom. The number of nitrogens with zero attached hydrogens (tertiary/aromatic N) is 4. The van der Waals surface area contributed by atoms with Crippen LogP contribution in [0.25, 0.3) is 0 Å². The Kier molecular flexibility index (Phi) is 6.77. The summed E-state index contributed by atoms with van der Waals surface area (Å²) in [5, 5.41) is 9.25. The second-order valence-electron chi connectivity index (χ2n) is 11.0. The average Bonchev–Trinajstić information content (AvgIpc) is 3.86. The number of hydrogen-bond donors (Lipinski definition) is 2. The Hall–Kier alpha value is -4.36. The Morgan fingerprint density at radius 2 is 1.67 bits per heavy atom. The number of halogens is 6. The number of carbonyl (C=O) groups is 2. The summed E-state index contributed by atoms with van der Waals surface area (Å²) in [5.74, 6) is -1.41. The maximum atomic E-state index is 14.0. The zero-order chi connectivity index (χ0) is 30.7. The van der Waals surface area contributed by atoms with Crippen LogP contribution in [0.5, 0.6) is 0 Å². The Morgan fingerprint density at radius 1 is 0.977 bits per heavy atom. The van der Waals surface area contributed by atoms with Crippen molar-refractivity contribution >= 4 is 23.3 Å². The predicted molar refractivity (Wildman–Crippen MR) is 144 cm³/mol. The van der Waals surface area contributed by atoms with E-state index in [1.807, 2.05) is 0 Å². The van der Waals surface area contributed by atoms with E-state index >= 15 is 0 Å². The third kappa shape index (κ3) is 5.69. The topological polar surface area (TPSA) is 91.6 Å². The van der Waals surface area contributed by atoms with Gasteiger partial charge in [0.25, 0.3) is 11.8 Å². The number of hydrogen-bond acceptors (Lipinski definition) is 5. The number of benzene rings is 2. The van der Waals surface area contributed by atoms with Crippen LogP contribution < -0.4 is 15.5 Å². The monoisotopic (exact) mass is 604 g/mol. The van der Waals surface area contributed by atoms with Gasteiger partial charge in [-0.1, -0.05) is 24.3 Å². The lowest BCUT2D eigenvalue weighted by Gasteiger charge is -2.21. The summed E-state index contributed by atoms with van der Waals surface area (Å²) in [6.07, 6.45) is -7.85. The van der Waals surface area contributed by atoms with Gasteiger partial charge in [-0.2, -0.15) is 31.4 Å². The van der Waals surface area contributed by atoms with E-state index in [2.05, 4.69) is 20.7 Å².